The molecule has 1 N–H and O–H groups in total. The van der Waals surface area contributed by atoms with Gasteiger partial charge >= 0.3 is 0 Å². The SMILES string of the molecule is CCCC1NC(=O)C2(CCCC2)N(CCC2CC2)C1=O. The molecule has 0 radical (unpaired) electrons. The van der Waals surface area contributed by atoms with Gasteiger partial charge in [0.05, 0.1) is 0 Å². The van der Waals surface area contributed by atoms with Crippen LogP contribution in [-0.2, 0) is 9.59 Å². The average Bonchev–Trinajstić information content (AvgIpc) is 3.12. The number of rotatable bonds is 5. The molecule has 4 heteroatoms. The topological polar surface area (TPSA) is 49.4 Å². The highest BCUT2D eigenvalue weighted by Gasteiger charge is 2.53. The van der Waals surface area contributed by atoms with E-state index in [1.807, 2.05) is 4.90 Å². The first-order chi connectivity index (χ1) is 9.67. The van der Waals surface area contributed by atoms with Gasteiger partial charge in [-0.3, -0.25) is 9.59 Å². The molecule has 1 saturated heterocycles. The molecule has 1 atom stereocenters. The summed E-state index contributed by atoms with van der Waals surface area (Å²) in [7, 11) is 0. The molecule has 3 fully saturated rings. The van der Waals surface area contributed by atoms with E-state index in [1.165, 1.54) is 12.8 Å². The quantitative estimate of drug-likeness (QED) is 0.838. The summed E-state index contributed by atoms with van der Waals surface area (Å²) in [6, 6.07) is -0.280. The van der Waals surface area contributed by atoms with Crippen LogP contribution >= 0.6 is 0 Å². The van der Waals surface area contributed by atoms with Crippen molar-refractivity contribution in [2.75, 3.05) is 6.54 Å². The highest BCUT2D eigenvalue weighted by atomic mass is 16.2. The Bertz CT molecular complexity index is 397. The van der Waals surface area contributed by atoms with Crippen molar-refractivity contribution >= 4 is 11.8 Å². The Hall–Kier alpha value is -1.06. The molecule has 1 unspecified atom stereocenters. The summed E-state index contributed by atoms with van der Waals surface area (Å²) in [5.74, 6) is 1.09. The molecular weight excluding hydrogens is 252 g/mol. The normalized spacial score (nSPS) is 29.1. The van der Waals surface area contributed by atoms with Crippen LogP contribution in [-0.4, -0.2) is 34.8 Å². The van der Waals surface area contributed by atoms with Gasteiger partial charge in [0.2, 0.25) is 11.8 Å². The van der Waals surface area contributed by atoms with Crippen molar-refractivity contribution in [1.29, 1.82) is 0 Å². The van der Waals surface area contributed by atoms with Crippen molar-refractivity contribution in [3.63, 3.8) is 0 Å². The molecule has 3 aliphatic rings. The van der Waals surface area contributed by atoms with E-state index < -0.39 is 5.54 Å². The van der Waals surface area contributed by atoms with Crippen LogP contribution < -0.4 is 5.32 Å². The monoisotopic (exact) mass is 278 g/mol. The van der Waals surface area contributed by atoms with Gasteiger partial charge in [-0.25, -0.2) is 0 Å². The summed E-state index contributed by atoms with van der Waals surface area (Å²) in [6.45, 7) is 2.85. The van der Waals surface area contributed by atoms with Gasteiger partial charge in [0.1, 0.15) is 11.6 Å². The van der Waals surface area contributed by atoms with Crippen molar-refractivity contribution in [2.24, 2.45) is 5.92 Å². The summed E-state index contributed by atoms with van der Waals surface area (Å²) in [5, 5.41) is 3.00. The van der Waals surface area contributed by atoms with E-state index in [9.17, 15) is 9.59 Å². The van der Waals surface area contributed by atoms with Crippen LogP contribution in [0.4, 0.5) is 0 Å². The number of amides is 2. The van der Waals surface area contributed by atoms with Gasteiger partial charge in [-0.2, -0.15) is 0 Å². The van der Waals surface area contributed by atoms with E-state index in [1.54, 1.807) is 0 Å². The number of nitrogens with one attached hydrogen (secondary N) is 1. The molecule has 0 bridgehead atoms. The van der Waals surface area contributed by atoms with Gasteiger partial charge in [-0.05, 0) is 31.6 Å². The highest BCUT2D eigenvalue weighted by Crippen LogP contribution is 2.40. The maximum Gasteiger partial charge on any atom is 0.246 e. The van der Waals surface area contributed by atoms with E-state index in [-0.39, 0.29) is 17.9 Å². The van der Waals surface area contributed by atoms with Crippen LogP contribution in [0.15, 0.2) is 0 Å². The van der Waals surface area contributed by atoms with E-state index in [4.69, 9.17) is 0 Å². The summed E-state index contributed by atoms with van der Waals surface area (Å²) in [5.41, 5.74) is -0.504. The third-order valence-electron chi connectivity index (χ3n) is 5.27. The molecule has 1 spiro atoms. The lowest BCUT2D eigenvalue weighted by atomic mass is 9.88. The lowest BCUT2D eigenvalue weighted by Crippen LogP contribution is -2.69. The van der Waals surface area contributed by atoms with E-state index in [0.29, 0.717) is 0 Å². The highest BCUT2D eigenvalue weighted by molar-refractivity contribution is 6.00. The first-order valence-corrected chi connectivity index (χ1v) is 8.30. The summed E-state index contributed by atoms with van der Waals surface area (Å²) < 4.78 is 0. The fourth-order valence-corrected chi connectivity index (χ4v) is 3.86. The zero-order valence-corrected chi connectivity index (χ0v) is 12.5. The van der Waals surface area contributed by atoms with Crippen LogP contribution in [0.25, 0.3) is 0 Å². The minimum atomic E-state index is -0.504. The van der Waals surface area contributed by atoms with Crippen LogP contribution in [0.1, 0.15) is 64.7 Å². The fraction of sp³-hybridized carbons (Fsp3) is 0.875. The molecular formula is C16H26N2O2. The van der Waals surface area contributed by atoms with Crippen molar-refractivity contribution in [3.05, 3.63) is 0 Å². The van der Waals surface area contributed by atoms with Gasteiger partial charge in [-0.15, -0.1) is 0 Å². The lowest BCUT2D eigenvalue weighted by Gasteiger charge is -2.46. The molecule has 0 aromatic rings. The Kier molecular flexibility index (Phi) is 3.74. The third kappa shape index (κ3) is 2.33. The molecule has 112 valence electrons. The van der Waals surface area contributed by atoms with E-state index in [0.717, 1.165) is 57.4 Å². The lowest BCUT2D eigenvalue weighted by molar-refractivity contribution is -0.157. The molecule has 4 nitrogen and oxygen atoms in total. The smallest absolute Gasteiger partial charge is 0.246 e. The second kappa shape index (κ2) is 5.38. The zero-order valence-electron chi connectivity index (χ0n) is 12.5. The first kappa shape index (κ1) is 13.9. The minimum absolute atomic E-state index is 0.115. The predicted octanol–water partition coefficient (Wildman–Crippen LogP) is 2.23. The molecule has 0 aromatic heterocycles. The minimum Gasteiger partial charge on any atom is -0.342 e. The number of carbonyl (C=O) groups excluding carboxylic acids is 2. The number of nitrogens with zero attached hydrogens (tertiary/aromatic N) is 1. The number of piperazine rings is 1. The zero-order chi connectivity index (χ0) is 14.2. The first-order valence-electron chi connectivity index (χ1n) is 8.30. The van der Waals surface area contributed by atoms with Crippen molar-refractivity contribution < 1.29 is 9.59 Å². The number of hydrogen-bond acceptors (Lipinski definition) is 2. The van der Waals surface area contributed by atoms with E-state index >= 15 is 0 Å². The largest absolute Gasteiger partial charge is 0.342 e. The van der Waals surface area contributed by atoms with Crippen molar-refractivity contribution in [1.82, 2.24) is 10.2 Å². The average molecular weight is 278 g/mol. The molecule has 1 heterocycles. The molecule has 2 amide bonds. The van der Waals surface area contributed by atoms with Gasteiger partial charge < -0.3 is 10.2 Å². The number of carbonyl (C=O) groups is 2. The maximum atomic E-state index is 12.8. The van der Waals surface area contributed by atoms with Crippen LogP contribution in [0.2, 0.25) is 0 Å². The molecule has 3 rings (SSSR count). The van der Waals surface area contributed by atoms with E-state index in [2.05, 4.69) is 12.2 Å². The Morgan fingerprint density at radius 3 is 2.50 bits per heavy atom. The Morgan fingerprint density at radius 2 is 1.90 bits per heavy atom. The van der Waals surface area contributed by atoms with Gasteiger partial charge in [-0.1, -0.05) is 39.0 Å². The Morgan fingerprint density at radius 1 is 1.20 bits per heavy atom. The number of hydrogen-bond donors (Lipinski definition) is 1. The van der Waals surface area contributed by atoms with Gasteiger partial charge in [0.15, 0.2) is 0 Å². The maximum absolute atomic E-state index is 12.8. The standard InChI is InChI=1S/C16H26N2O2/c1-2-5-13-14(19)18(11-8-12-6-7-12)16(15(20)17-13)9-3-4-10-16/h12-13H,2-11H2,1H3,(H,17,20). The van der Waals surface area contributed by atoms with Crippen LogP contribution in [0.3, 0.4) is 0 Å². The molecule has 2 aliphatic carbocycles. The molecule has 2 saturated carbocycles. The molecule has 20 heavy (non-hydrogen) atoms. The summed E-state index contributed by atoms with van der Waals surface area (Å²) in [4.78, 5) is 27.4. The van der Waals surface area contributed by atoms with Crippen molar-refractivity contribution in [3.8, 4) is 0 Å². The molecule has 0 aromatic carbocycles. The third-order valence-corrected chi connectivity index (χ3v) is 5.27. The Labute approximate surface area is 121 Å². The van der Waals surface area contributed by atoms with Gasteiger partial charge in [0.25, 0.3) is 0 Å². The van der Waals surface area contributed by atoms with Gasteiger partial charge in [0, 0.05) is 6.54 Å². The molecule has 1 aliphatic heterocycles. The van der Waals surface area contributed by atoms with Crippen molar-refractivity contribution in [2.45, 2.75) is 76.3 Å². The second-order valence-corrected chi connectivity index (χ2v) is 6.78. The second-order valence-electron chi connectivity index (χ2n) is 6.78. The van der Waals surface area contributed by atoms with Crippen LogP contribution in [0.5, 0.6) is 0 Å². The summed E-state index contributed by atoms with van der Waals surface area (Å²) in [6.07, 6.45) is 9.24. The fourth-order valence-electron chi connectivity index (χ4n) is 3.86. The Balaban J connectivity index is 1.79. The predicted molar refractivity (Wildman–Crippen MR) is 77.1 cm³/mol. The summed E-state index contributed by atoms with van der Waals surface area (Å²) >= 11 is 0. The van der Waals surface area contributed by atoms with Crippen LogP contribution in [0, 0.1) is 5.92 Å².